The highest BCUT2D eigenvalue weighted by Gasteiger charge is 2.22. The molecule has 126 valence electrons. The van der Waals surface area contributed by atoms with Crippen molar-refractivity contribution in [1.29, 1.82) is 0 Å². The summed E-state index contributed by atoms with van der Waals surface area (Å²) in [5.41, 5.74) is 6.62. The van der Waals surface area contributed by atoms with Crippen LogP contribution in [0.1, 0.15) is 18.9 Å². The number of amides is 1. The van der Waals surface area contributed by atoms with Crippen molar-refractivity contribution < 1.29 is 13.9 Å². The molecule has 2 heterocycles. The first-order valence-electron chi connectivity index (χ1n) is 8.06. The number of nitrogens with zero attached hydrogens (tertiary/aromatic N) is 2. The molecule has 0 saturated carbocycles. The molecule has 0 bridgehead atoms. The molecule has 0 radical (unpaired) electrons. The number of aromatic nitrogens is 1. The van der Waals surface area contributed by atoms with E-state index in [1.54, 1.807) is 7.11 Å². The number of methoxy groups -OCH3 is 1. The van der Waals surface area contributed by atoms with Crippen LogP contribution >= 0.6 is 0 Å². The van der Waals surface area contributed by atoms with E-state index in [1.807, 2.05) is 49.4 Å². The van der Waals surface area contributed by atoms with Crippen molar-refractivity contribution in [2.75, 3.05) is 7.11 Å². The molecule has 1 N–H and O–H groups in total. The molecular formula is C19H17N3O3. The Labute approximate surface area is 144 Å². The lowest BCUT2D eigenvalue weighted by Crippen LogP contribution is -2.31. The van der Waals surface area contributed by atoms with Gasteiger partial charge in [0.05, 0.1) is 12.8 Å². The number of rotatable bonds is 3. The van der Waals surface area contributed by atoms with Gasteiger partial charge >= 0.3 is 0 Å². The molecule has 1 unspecified atom stereocenters. The SMILES string of the molecule is COc1cccc(-c2nc3ccc(C4=NNC(=O)CC4C)cc3o2)c1. The second-order valence-electron chi connectivity index (χ2n) is 6.07. The van der Waals surface area contributed by atoms with Gasteiger partial charge in [-0.1, -0.05) is 19.1 Å². The first-order chi connectivity index (χ1) is 12.1. The molecule has 25 heavy (non-hydrogen) atoms. The third kappa shape index (κ3) is 2.87. The zero-order chi connectivity index (χ0) is 17.4. The van der Waals surface area contributed by atoms with Crippen molar-refractivity contribution in [3.8, 4) is 17.2 Å². The molecule has 1 aliphatic heterocycles. The minimum Gasteiger partial charge on any atom is -0.497 e. The van der Waals surface area contributed by atoms with Gasteiger partial charge in [0.25, 0.3) is 0 Å². The summed E-state index contributed by atoms with van der Waals surface area (Å²) >= 11 is 0. The minimum absolute atomic E-state index is 0.0581. The van der Waals surface area contributed by atoms with Crippen LogP contribution < -0.4 is 10.2 Å². The van der Waals surface area contributed by atoms with Crippen LogP contribution in [-0.2, 0) is 4.79 Å². The maximum atomic E-state index is 11.4. The van der Waals surface area contributed by atoms with Crippen LogP contribution in [0.25, 0.3) is 22.6 Å². The molecule has 4 rings (SSSR count). The Morgan fingerprint density at radius 3 is 2.88 bits per heavy atom. The number of benzene rings is 2. The summed E-state index contributed by atoms with van der Waals surface area (Å²) in [6.45, 7) is 1.99. The molecule has 3 aromatic rings. The fourth-order valence-corrected chi connectivity index (χ4v) is 2.97. The second kappa shape index (κ2) is 6.05. The van der Waals surface area contributed by atoms with Crippen molar-refractivity contribution in [3.05, 3.63) is 48.0 Å². The number of fused-ring (bicyclic) bond motifs is 1. The molecule has 6 nitrogen and oxygen atoms in total. The second-order valence-corrected chi connectivity index (χ2v) is 6.07. The van der Waals surface area contributed by atoms with Gasteiger partial charge in [-0.05, 0) is 30.3 Å². The standard InChI is InChI=1S/C19H17N3O3/c1-11-8-17(23)21-22-18(11)12-6-7-15-16(10-12)25-19(20-15)13-4-3-5-14(9-13)24-2/h3-7,9-11H,8H2,1-2H3,(H,21,23). The van der Waals surface area contributed by atoms with Crippen LogP contribution in [0.3, 0.4) is 0 Å². The first-order valence-corrected chi connectivity index (χ1v) is 8.06. The number of oxazole rings is 1. The fraction of sp³-hybridized carbons (Fsp3) is 0.211. The van der Waals surface area contributed by atoms with E-state index in [9.17, 15) is 4.79 Å². The Balaban J connectivity index is 1.73. The van der Waals surface area contributed by atoms with Crippen molar-refractivity contribution in [1.82, 2.24) is 10.4 Å². The number of ether oxygens (including phenoxy) is 1. The zero-order valence-electron chi connectivity index (χ0n) is 13.9. The van der Waals surface area contributed by atoms with E-state index in [-0.39, 0.29) is 11.8 Å². The van der Waals surface area contributed by atoms with Gasteiger partial charge in [0.15, 0.2) is 5.58 Å². The van der Waals surface area contributed by atoms with Crippen LogP contribution in [0.4, 0.5) is 0 Å². The van der Waals surface area contributed by atoms with Gasteiger partial charge in [0.2, 0.25) is 11.8 Å². The maximum Gasteiger partial charge on any atom is 0.240 e. The van der Waals surface area contributed by atoms with Crippen LogP contribution in [0.5, 0.6) is 5.75 Å². The topological polar surface area (TPSA) is 76.7 Å². The molecule has 0 fully saturated rings. The average Bonchev–Trinajstić information content (AvgIpc) is 3.05. The molecule has 2 aromatic carbocycles. The van der Waals surface area contributed by atoms with Gasteiger partial charge in [0.1, 0.15) is 11.3 Å². The maximum absolute atomic E-state index is 11.4. The summed E-state index contributed by atoms with van der Waals surface area (Å²) in [5, 5.41) is 4.19. The monoisotopic (exact) mass is 335 g/mol. The van der Waals surface area contributed by atoms with E-state index < -0.39 is 0 Å². The van der Waals surface area contributed by atoms with Crippen molar-refractivity contribution in [2.24, 2.45) is 11.0 Å². The van der Waals surface area contributed by atoms with Crippen LogP contribution in [0.15, 0.2) is 52.0 Å². The molecule has 1 atom stereocenters. The summed E-state index contributed by atoms with van der Waals surface area (Å²) in [4.78, 5) is 16.0. The van der Waals surface area contributed by atoms with E-state index in [0.29, 0.717) is 17.9 Å². The molecule has 0 aliphatic carbocycles. The Morgan fingerprint density at radius 1 is 1.20 bits per heavy atom. The Hall–Kier alpha value is -3.15. The van der Waals surface area contributed by atoms with Crippen LogP contribution in [0.2, 0.25) is 0 Å². The highest BCUT2D eigenvalue weighted by molar-refractivity contribution is 6.07. The van der Waals surface area contributed by atoms with Gasteiger partial charge in [-0.2, -0.15) is 5.10 Å². The predicted molar refractivity (Wildman–Crippen MR) is 94.5 cm³/mol. The Morgan fingerprint density at radius 2 is 2.08 bits per heavy atom. The van der Waals surface area contributed by atoms with Gasteiger partial charge in [-0.15, -0.1) is 0 Å². The van der Waals surface area contributed by atoms with E-state index in [1.165, 1.54) is 0 Å². The molecule has 1 aromatic heterocycles. The lowest BCUT2D eigenvalue weighted by atomic mass is 9.94. The zero-order valence-corrected chi connectivity index (χ0v) is 13.9. The molecule has 1 amide bonds. The lowest BCUT2D eigenvalue weighted by Gasteiger charge is -2.18. The number of hydrogen-bond donors (Lipinski definition) is 1. The van der Waals surface area contributed by atoms with E-state index in [0.717, 1.165) is 28.1 Å². The van der Waals surface area contributed by atoms with Gasteiger partial charge < -0.3 is 9.15 Å². The quantitative estimate of drug-likeness (QED) is 0.796. The fourth-order valence-electron chi connectivity index (χ4n) is 2.97. The summed E-state index contributed by atoms with van der Waals surface area (Å²) in [5.74, 6) is 1.30. The van der Waals surface area contributed by atoms with Gasteiger partial charge in [-0.25, -0.2) is 10.4 Å². The van der Waals surface area contributed by atoms with Crippen LogP contribution in [-0.4, -0.2) is 23.7 Å². The molecule has 1 aliphatic rings. The number of nitrogens with one attached hydrogen (secondary N) is 1. The lowest BCUT2D eigenvalue weighted by molar-refractivity contribution is -0.121. The Bertz CT molecular complexity index is 990. The number of hydrazone groups is 1. The van der Waals surface area contributed by atoms with Crippen LogP contribution in [0, 0.1) is 5.92 Å². The Kier molecular flexibility index (Phi) is 3.72. The smallest absolute Gasteiger partial charge is 0.240 e. The number of carbonyl (C=O) groups is 1. The largest absolute Gasteiger partial charge is 0.497 e. The number of hydrogen-bond acceptors (Lipinski definition) is 5. The van der Waals surface area contributed by atoms with Crippen molar-refractivity contribution in [3.63, 3.8) is 0 Å². The highest BCUT2D eigenvalue weighted by atomic mass is 16.5. The van der Waals surface area contributed by atoms with Crippen molar-refractivity contribution >= 4 is 22.7 Å². The third-order valence-corrected chi connectivity index (χ3v) is 4.26. The summed E-state index contributed by atoms with van der Waals surface area (Å²) in [6.07, 6.45) is 0.433. The average molecular weight is 335 g/mol. The molecule has 0 saturated heterocycles. The number of carbonyl (C=O) groups excluding carboxylic acids is 1. The minimum atomic E-state index is -0.0581. The van der Waals surface area contributed by atoms with E-state index in [2.05, 4.69) is 15.5 Å². The van der Waals surface area contributed by atoms with E-state index >= 15 is 0 Å². The predicted octanol–water partition coefficient (Wildman–Crippen LogP) is 3.36. The summed E-state index contributed by atoms with van der Waals surface area (Å²) < 4.78 is 11.2. The summed E-state index contributed by atoms with van der Waals surface area (Å²) in [6, 6.07) is 13.4. The van der Waals surface area contributed by atoms with E-state index in [4.69, 9.17) is 9.15 Å². The van der Waals surface area contributed by atoms with Gasteiger partial charge in [-0.3, -0.25) is 4.79 Å². The summed E-state index contributed by atoms with van der Waals surface area (Å²) in [7, 11) is 1.63. The van der Waals surface area contributed by atoms with Crippen molar-refractivity contribution in [2.45, 2.75) is 13.3 Å². The third-order valence-electron chi connectivity index (χ3n) is 4.26. The normalized spacial score (nSPS) is 17.3. The molecule has 6 heteroatoms. The highest BCUT2D eigenvalue weighted by Crippen LogP contribution is 2.28. The first kappa shape index (κ1) is 15.4. The van der Waals surface area contributed by atoms with Gasteiger partial charge in [0, 0.05) is 23.5 Å². The molecular weight excluding hydrogens is 318 g/mol. The molecule has 0 spiro atoms.